The summed E-state index contributed by atoms with van der Waals surface area (Å²) in [5.41, 5.74) is -0.704. The largest absolute Gasteiger partial charge is 0.394 e. The number of carbonyl (C=O) groups is 1. The van der Waals surface area contributed by atoms with Crippen molar-refractivity contribution in [3.05, 3.63) is 0 Å². The summed E-state index contributed by atoms with van der Waals surface area (Å²) in [6.45, 7) is 7.78. The van der Waals surface area contributed by atoms with E-state index in [1.54, 1.807) is 4.90 Å². The molecule has 0 spiro atoms. The number of piperidine rings is 1. The van der Waals surface area contributed by atoms with Gasteiger partial charge < -0.3 is 15.3 Å². The van der Waals surface area contributed by atoms with Crippen LogP contribution < -0.4 is 5.32 Å². The molecule has 1 rings (SSSR count). The van der Waals surface area contributed by atoms with Crippen molar-refractivity contribution in [2.24, 2.45) is 5.41 Å². The number of hydrogen-bond acceptors (Lipinski definition) is 3. The number of carbonyl (C=O) groups excluding carboxylic acids is 1. The van der Waals surface area contributed by atoms with Crippen molar-refractivity contribution in [3.8, 4) is 0 Å². The molecular formula is C14H28N2O2. The molecule has 1 aliphatic heterocycles. The SMILES string of the molecule is CCCC1(C(=O)N(C)C(C)(C)CO)CCNCC1. The lowest BCUT2D eigenvalue weighted by molar-refractivity contribution is -0.149. The fraction of sp³-hybridized carbons (Fsp3) is 0.929. The van der Waals surface area contributed by atoms with E-state index in [1.165, 1.54) is 0 Å². The summed E-state index contributed by atoms with van der Waals surface area (Å²) >= 11 is 0. The van der Waals surface area contributed by atoms with E-state index >= 15 is 0 Å². The average Bonchev–Trinajstić information content (AvgIpc) is 2.38. The molecule has 1 saturated heterocycles. The first-order chi connectivity index (χ1) is 8.39. The Morgan fingerprint density at radius 2 is 1.94 bits per heavy atom. The van der Waals surface area contributed by atoms with Crippen LogP contribution >= 0.6 is 0 Å². The van der Waals surface area contributed by atoms with Gasteiger partial charge in [-0.15, -0.1) is 0 Å². The smallest absolute Gasteiger partial charge is 0.229 e. The Balaban J connectivity index is 2.88. The molecule has 0 unspecified atom stereocenters. The molecule has 0 radical (unpaired) electrons. The lowest BCUT2D eigenvalue weighted by Crippen LogP contribution is -2.55. The number of rotatable bonds is 5. The fourth-order valence-corrected chi connectivity index (χ4v) is 2.69. The van der Waals surface area contributed by atoms with Gasteiger partial charge in [-0.05, 0) is 46.2 Å². The van der Waals surface area contributed by atoms with E-state index in [4.69, 9.17) is 0 Å². The number of nitrogens with zero attached hydrogens (tertiary/aromatic N) is 1. The van der Waals surface area contributed by atoms with Gasteiger partial charge in [0.1, 0.15) is 0 Å². The molecule has 4 heteroatoms. The van der Waals surface area contributed by atoms with Gasteiger partial charge in [0.2, 0.25) is 5.91 Å². The summed E-state index contributed by atoms with van der Waals surface area (Å²) in [6.07, 6.45) is 3.79. The minimum Gasteiger partial charge on any atom is -0.394 e. The Hall–Kier alpha value is -0.610. The average molecular weight is 256 g/mol. The van der Waals surface area contributed by atoms with Gasteiger partial charge in [-0.2, -0.15) is 0 Å². The zero-order valence-electron chi connectivity index (χ0n) is 12.3. The van der Waals surface area contributed by atoms with Gasteiger partial charge in [-0.1, -0.05) is 13.3 Å². The van der Waals surface area contributed by atoms with Gasteiger partial charge in [0, 0.05) is 7.05 Å². The van der Waals surface area contributed by atoms with Gasteiger partial charge in [-0.25, -0.2) is 0 Å². The van der Waals surface area contributed by atoms with Crippen LogP contribution in [0.15, 0.2) is 0 Å². The van der Waals surface area contributed by atoms with E-state index in [2.05, 4.69) is 12.2 Å². The molecule has 4 nitrogen and oxygen atoms in total. The van der Waals surface area contributed by atoms with Gasteiger partial charge in [-0.3, -0.25) is 4.79 Å². The van der Waals surface area contributed by atoms with Gasteiger partial charge in [0.15, 0.2) is 0 Å². The van der Waals surface area contributed by atoms with Crippen molar-refractivity contribution >= 4 is 5.91 Å². The van der Waals surface area contributed by atoms with Gasteiger partial charge in [0.05, 0.1) is 17.6 Å². The maximum Gasteiger partial charge on any atom is 0.229 e. The molecule has 0 bridgehead atoms. The molecule has 0 aromatic carbocycles. The summed E-state index contributed by atoms with van der Waals surface area (Å²) in [4.78, 5) is 14.5. The summed E-state index contributed by atoms with van der Waals surface area (Å²) < 4.78 is 0. The highest BCUT2D eigenvalue weighted by atomic mass is 16.3. The Kier molecular flexibility index (Phi) is 5.17. The zero-order chi connectivity index (χ0) is 13.8. The van der Waals surface area contributed by atoms with E-state index in [1.807, 2.05) is 20.9 Å². The van der Waals surface area contributed by atoms with Crippen LogP contribution in [0.2, 0.25) is 0 Å². The monoisotopic (exact) mass is 256 g/mol. The number of amides is 1. The maximum absolute atomic E-state index is 12.8. The third-order valence-electron chi connectivity index (χ3n) is 4.34. The third-order valence-corrected chi connectivity index (χ3v) is 4.34. The summed E-state index contributed by atoms with van der Waals surface area (Å²) in [7, 11) is 1.82. The van der Waals surface area contributed by atoms with E-state index < -0.39 is 5.54 Å². The van der Waals surface area contributed by atoms with Crippen molar-refractivity contribution in [2.45, 2.75) is 52.0 Å². The molecule has 1 aliphatic rings. The second-order valence-electron chi connectivity index (χ2n) is 6.12. The Morgan fingerprint density at radius 1 is 1.39 bits per heavy atom. The first kappa shape index (κ1) is 15.4. The molecule has 0 aromatic heterocycles. The molecule has 1 heterocycles. The van der Waals surface area contributed by atoms with Crippen LogP contribution in [0.3, 0.4) is 0 Å². The van der Waals surface area contributed by atoms with Gasteiger partial charge >= 0.3 is 0 Å². The van der Waals surface area contributed by atoms with E-state index in [9.17, 15) is 9.90 Å². The zero-order valence-corrected chi connectivity index (χ0v) is 12.3. The third kappa shape index (κ3) is 3.04. The van der Waals surface area contributed by atoms with Crippen LogP contribution in [0.1, 0.15) is 46.5 Å². The highest BCUT2D eigenvalue weighted by Gasteiger charge is 2.43. The lowest BCUT2D eigenvalue weighted by Gasteiger charge is -2.44. The minimum atomic E-state index is -0.483. The molecule has 106 valence electrons. The molecule has 2 N–H and O–H groups in total. The van der Waals surface area contributed by atoms with Crippen molar-refractivity contribution < 1.29 is 9.90 Å². The van der Waals surface area contributed by atoms with Crippen molar-refractivity contribution in [1.82, 2.24) is 10.2 Å². The van der Waals surface area contributed by atoms with Crippen LogP contribution in [0.25, 0.3) is 0 Å². The van der Waals surface area contributed by atoms with Crippen LogP contribution in [0.4, 0.5) is 0 Å². The van der Waals surface area contributed by atoms with Crippen LogP contribution in [-0.2, 0) is 4.79 Å². The van der Waals surface area contributed by atoms with Crippen LogP contribution in [0, 0.1) is 5.41 Å². The fourth-order valence-electron chi connectivity index (χ4n) is 2.69. The van der Waals surface area contributed by atoms with Gasteiger partial charge in [0.25, 0.3) is 0 Å². The quantitative estimate of drug-likeness (QED) is 0.781. The summed E-state index contributed by atoms with van der Waals surface area (Å²) in [5.74, 6) is 0.199. The molecule has 0 aliphatic carbocycles. The summed E-state index contributed by atoms with van der Waals surface area (Å²) in [6, 6.07) is 0. The minimum absolute atomic E-state index is 0.00427. The number of aliphatic hydroxyl groups excluding tert-OH is 1. The van der Waals surface area contributed by atoms with Crippen LogP contribution in [-0.4, -0.2) is 48.2 Å². The first-order valence-corrected chi connectivity index (χ1v) is 6.99. The van der Waals surface area contributed by atoms with E-state index in [-0.39, 0.29) is 17.9 Å². The molecule has 0 saturated carbocycles. The molecule has 18 heavy (non-hydrogen) atoms. The number of aliphatic hydroxyl groups is 1. The normalized spacial score (nSPS) is 19.6. The number of likely N-dealkylation sites (N-methyl/N-ethyl adjacent to an activating group) is 1. The Labute approximate surface area is 111 Å². The van der Waals surface area contributed by atoms with Crippen molar-refractivity contribution in [3.63, 3.8) is 0 Å². The van der Waals surface area contributed by atoms with E-state index in [0.717, 1.165) is 38.8 Å². The highest BCUT2D eigenvalue weighted by molar-refractivity contribution is 5.83. The standard InChI is InChI=1S/C14H28N2O2/c1-5-6-14(7-9-15-10-8-14)12(18)16(4)13(2,3)11-17/h15,17H,5-11H2,1-4H3. The second-order valence-corrected chi connectivity index (χ2v) is 6.12. The predicted molar refractivity (Wildman–Crippen MR) is 73.4 cm³/mol. The first-order valence-electron chi connectivity index (χ1n) is 6.99. The predicted octanol–water partition coefficient (Wildman–Crippen LogP) is 1.39. The molecular weight excluding hydrogens is 228 g/mol. The molecule has 1 amide bonds. The Bertz CT molecular complexity index is 278. The molecule has 0 aromatic rings. The van der Waals surface area contributed by atoms with Crippen molar-refractivity contribution in [1.29, 1.82) is 0 Å². The van der Waals surface area contributed by atoms with Crippen molar-refractivity contribution in [2.75, 3.05) is 26.7 Å². The van der Waals surface area contributed by atoms with Crippen LogP contribution in [0.5, 0.6) is 0 Å². The highest BCUT2D eigenvalue weighted by Crippen LogP contribution is 2.37. The van der Waals surface area contributed by atoms with E-state index in [0.29, 0.717) is 0 Å². The molecule has 0 atom stereocenters. The number of hydrogen-bond donors (Lipinski definition) is 2. The molecule has 1 fully saturated rings. The second kappa shape index (κ2) is 6.02. The number of nitrogens with one attached hydrogen (secondary N) is 1. The summed E-state index contributed by atoms with van der Waals surface area (Å²) in [5, 5.41) is 12.7. The Morgan fingerprint density at radius 3 is 2.39 bits per heavy atom. The topological polar surface area (TPSA) is 52.6 Å². The maximum atomic E-state index is 12.8. The lowest BCUT2D eigenvalue weighted by atomic mass is 9.73.